The normalized spacial score (nSPS) is 22.4. The minimum Gasteiger partial charge on any atom is -0.399 e. The lowest BCUT2D eigenvalue weighted by Crippen LogP contribution is -2.09. The predicted molar refractivity (Wildman–Crippen MR) is 65.8 cm³/mol. The first-order valence-electron chi connectivity index (χ1n) is 5.48. The van der Waals surface area contributed by atoms with Gasteiger partial charge < -0.3 is 11.1 Å². The van der Waals surface area contributed by atoms with Gasteiger partial charge in [0.1, 0.15) is 0 Å². The highest BCUT2D eigenvalue weighted by atomic mass is 15.0. The number of hydrogen-bond acceptors (Lipinski definition) is 2. The van der Waals surface area contributed by atoms with E-state index in [-0.39, 0.29) is 0 Å². The van der Waals surface area contributed by atoms with Crippen LogP contribution in [0.3, 0.4) is 0 Å². The number of anilines is 2. The van der Waals surface area contributed by atoms with Gasteiger partial charge in [0.2, 0.25) is 0 Å². The summed E-state index contributed by atoms with van der Waals surface area (Å²) in [5.74, 6) is 0. The number of nitrogens with two attached hydrogens (primary N) is 1. The highest BCUT2D eigenvalue weighted by Crippen LogP contribution is 2.63. The fourth-order valence-electron chi connectivity index (χ4n) is 2.35. The summed E-state index contributed by atoms with van der Waals surface area (Å²) >= 11 is 0. The Morgan fingerprint density at radius 3 is 2.20 bits per heavy atom. The largest absolute Gasteiger partial charge is 0.399 e. The van der Waals surface area contributed by atoms with Gasteiger partial charge in [0.15, 0.2) is 0 Å². The van der Waals surface area contributed by atoms with E-state index in [0.717, 1.165) is 11.4 Å². The van der Waals surface area contributed by atoms with Crippen LogP contribution >= 0.6 is 0 Å². The average molecular weight is 204 g/mol. The van der Waals surface area contributed by atoms with E-state index in [0.29, 0.717) is 16.9 Å². The van der Waals surface area contributed by atoms with E-state index in [1.54, 1.807) is 0 Å². The van der Waals surface area contributed by atoms with E-state index in [1.807, 2.05) is 18.2 Å². The van der Waals surface area contributed by atoms with E-state index in [4.69, 9.17) is 5.73 Å². The van der Waals surface area contributed by atoms with Crippen molar-refractivity contribution in [2.45, 2.75) is 33.7 Å². The van der Waals surface area contributed by atoms with Crippen molar-refractivity contribution in [1.82, 2.24) is 0 Å². The van der Waals surface area contributed by atoms with Gasteiger partial charge in [-0.1, -0.05) is 33.8 Å². The van der Waals surface area contributed by atoms with Crippen LogP contribution in [0.4, 0.5) is 11.4 Å². The number of benzene rings is 1. The Morgan fingerprint density at radius 1 is 1.13 bits per heavy atom. The highest BCUT2D eigenvalue weighted by molar-refractivity contribution is 5.56. The first kappa shape index (κ1) is 10.3. The lowest BCUT2D eigenvalue weighted by molar-refractivity contribution is 0.457. The first-order valence-corrected chi connectivity index (χ1v) is 5.48. The van der Waals surface area contributed by atoms with Gasteiger partial charge in [0.05, 0.1) is 0 Å². The summed E-state index contributed by atoms with van der Waals surface area (Å²) in [7, 11) is 0. The molecule has 82 valence electrons. The van der Waals surface area contributed by atoms with Gasteiger partial charge in [-0.15, -0.1) is 0 Å². The fraction of sp³-hybridized carbons (Fsp3) is 0.538. The molecule has 0 aromatic heterocycles. The van der Waals surface area contributed by atoms with Crippen LogP contribution in [0.5, 0.6) is 0 Å². The molecule has 3 N–H and O–H groups in total. The molecule has 0 unspecified atom stereocenters. The van der Waals surface area contributed by atoms with Crippen LogP contribution in [-0.2, 0) is 0 Å². The van der Waals surface area contributed by atoms with Crippen LogP contribution in [0.1, 0.15) is 27.7 Å². The van der Waals surface area contributed by atoms with Crippen molar-refractivity contribution in [1.29, 1.82) is 0 Å². The molecule has 0 bridgehead atoms. The summed E-state index contributed by atoms with van der Waals surface area (Å²) in [6, 6.07) is 8.49. The van der Waals surface area contributed by atoms with E-state index in [1.165, 1.54) is 0 Å². The van der Waals surface area contributed by atoms with Crippen molar-refractivity contribution in [2.75, 3.05) is 11.1 Å². The number of hydrogen-bond donors (Lipinski definition) is 2. The highest BCUT2D eigenvalue weighted by Gasteiger charge is 2.64. The quantitative estimate of drug-likeness (QED) is 0.726. The number of nitrogen functional groups attached to an aromatic ring is 1. The number of nitrogens with one attached hydrogen (secondary N) is 1. The molecular weight excluding hydrogens is 184 g/mol. The number of rotatable bonds is 2. The zero-order valence-corrected chi connectivity index (χ0v) is 9.96. The Kier molecular flexibility index (Phi) is 2.00. The van der Waals surface area contributed by atoms with Gasteiger partial charge >= 0.3 is 0 Å². The minimum absolute atomic E-state index is 0.359. The Hall–Kier alpha value is -1.18. The van der Waals surface area contributed by atoms with Crippen molar-refractivity contribution in [3.8, 4) is 0 Å². The fourth-order valence-corrected chi connectivity index (χ4v) is 2.35. The van der Waals surface area contributed by atoms with Crippen LogP contribution in [0.2, 0.25) is 0 Å². The van der Waals surface area contributed by atoms with Crippen molar-refractivity contribution in [3.63, 3.8) is 0 Å². The SMILES string of the molecule is CC1(C)C(Nc2cccc(N)c2)C1(C)C. The van der Waals surface area contributed by atoms with Crippen LogP contribution in [0, 0.1) is 10.8 Å². The molecule has 15 heavy (non-hydrogen) atoms. The summed E-state index contributed by atoms with van der Waals surface area (Å²) in [4.78, 5) is 0. The van der Waals surface area contributed by atoms with E-state index < -0.39 is 0 Å². The molecule has 2 heteroatoms. The molecule has 1 aliphatic carbocycles. The van der Waals surface area contributed by atoms with Crippen LogP contribution in [-0.4, -0.2) is 6.04 Å². The maximum atomic E-state index is 5.75. The Bertz CT molecular complexity index is 366. The van der Waals surface area contributed by atoms with Crippen molar-refractivity contribution in [3.05, 3.63) is 24.3 Å². The van der Waals surface area contributed by atoms with Crippen molar-refractivity contribution >= 4 is 11.4 Å². The Balaban J connectivity index is 2.12. The third kappa shape index (κ3) is 1.48. The van der Waals surface area contributed by atoms with Gasteiger partial charge in [-0.25, -0.2) is 0 Å². The molecule has 1 aliphatic rings. The first-order chi connectivity index (χ1) is 6.85. The average Bonchev–Trinajstić information content (AvgIpc) is 2.48. The lowest BCUT2D eigenvalue weighted by atomic mass is 10.0. The molecule has 2 rings (SSSR count). The third-order valence-electron chi connectivity index (χ3n) is 4.22. The topological polar surface area (TPSA) is 38.0 Å². The van der Waals surface area contributed by atoms with Crippen molar-refractivity contribution < 1.29 is 0 Å². The molecule has 1 aromatic carbocycles. The molecule has 0 spiro atoms. The summed E-state index contributed by atoms with van der Waals surface area (Å²) in [5.41, 5.74) is 8.41. The maximum absolute atomic E-state index is 5.75. The molecule has 1 aromatic rings. The molecular formula is C13H20N2. The Morgan fingerprint density at radius 2 is 1.73 bits per heavy atom. The Labute approximate surface area is 91.9 Å². The standard InChI is InChI=1S/C13H20N2/c1-12(2)11(13(12,3)4)15-10-7-5-6-9(14)8-10/h5-8,11,15H,14H2,1-4H3. The van der Waals surface area contributed by atoms with Crippen LogP contribution in [0.25, 0.3) is 0 Å². The second-order valence-corrected chi connectivity index (χ2v) is 5.65. The predicted octanol–water partition coefficient (Wildman–Crippen LogP) is 3.12. The van der Waals surface area contributed by atoms with Gasteiger partial charge in [0.25, 0.3) is 0 Å². The second-order valence-electron chi connectivity index (χ2n) is 5.65. The molecule has 1 fully saturated rings. The molecule has 2 nitrogen and oxygen atoms in total. The molecule has 0 aliphatic heterocycles. The molecule has 0 atom stereocenters. The molecule has 0 saturated heterocycles. The van der Waals surface area contributed by atoms with E-state index in [2.05, 4.69) is 39.1 Å². The lowest BCUT2D eigenvalue weighted by Gasteiger charge is -2.08. The summed E-state index contributed by atoms with van der Waals surface area (Å²) in [5, 5.41) is 3.56. The smallest absolute Gasteiger partial charge is 0.0375 e. The van der Waals surface area contributed by atoms with Crippen molar-refractivity contribution in [2.24, 2.45) is 10.8 Å². The van der Waals surface area contributed by atoms with E-state index >= 15 is 0 Å². The van der Waals surface area contributed by atoms with Crippen LogP contribution < -0.4 is 11.1 Å². The summed E-state index contributed by atoms with van der Waals surface area (Å²) in [6.07, 6.45) is 0. The van der Waals surface area contributed by atoms with Gasteiger partial charge in [0, 0.05) is 17.4 Å². The molecule has 0 radical (unpaired) electrons. The second kappa shape index (κ2) is 2.91. The zero-order chi connectivity index (χ0) is 11.3. The third-order valence-corrected chi connectivity index (χ3v) is 4.22. The molecule has 1 saturated carbocycles. The van der Waals surface area contributed by atoms with E-state index in [9.17, 15) is 0 Å². The van der Waals surface area contributed by atoms with Crippen LogP contribution in [0.15, 0.2) is 24.3 Å². The maximum Gasteiger partial charge on any atom is 0.0375 e. The molecule has 0 amide bonds. The molecule has 0 heterocycles. The monoisotopic (exact) mass is 204 g/mol. The van der Waals surface area contributed by atoms with Gasteiger partial charge in [-0.05, 0) is 29.0 Å². The zero-order valence-electron chi connectivity index (χ0n) is 9.96. The summed E-state index contributed by atoms with van der Waals surface area (Å²) in [6.45, 7) is 9.21. The van der Waals surface area contributed by atoms with Gasteiger partial charge in [-0.2, -0.15) is 0 Å². The minimum atomic E-state index is 0.359. The van der Waals surface area contributed by atoms with Gasteiger partial charge in [-0.3, -0.25) is 0 Å². The summed E-state index contributed by atoms with van der Waals surface area (Å²) < 4.78 is 0.